The fourth-order valence-electron chi connectivity index (χ4n) is 3.35. The number of hydrogen-bond acceptors (Lipinski definition) is 4. The van der Waals surface area contributed by atoms with E-state index in [-0.39, 0.29) is 18.4 Å². The van der Waals surface area contributed by atoms with Crippen molar-refractivity contribution in [2.75, 3.05) is 11.0 Å². The predicted molar refractivity (Wildman–Crippen MR) is 110 cm³/mol. The highest BCUT2D eigenvalue weighted by atomic mass is 32.2. The van der Waals surface area contributed by atoms with E-state index in [1.54, 1.807) is 24.3 Å². The number of hydrogen-bond donors (Lipinski definition) is 2. The fourth-order valence-corrected chi connectivity index (χ4v) is 3.95. The molecule has 0 atom stereocenters. The third kappa shape index (κ3) is 5.99. The van der Waals surface area contributed by atoms with E-state index in [0.717, 1.165) is 30.4 Å². The minimum absolute atomic E-state index is 0.0876. The lowest BCUT2D eigenvalue weighted by molar-refractivity contribution is -0.120. The highest BCUT2D eigenvalue weighted by Gasteiger charge is 2.18. The fraction of sp³-hybridized carbons (Fsp3) is 0.381. The van der Waals surface area contributed by atoms with Crippen LogP contribution in [-0.2, 0) is 27.8 Å². The molecule has 0 aliphatic heterocycles. The van der Waals surface area contributed by atoms with Crippen molar-refractivity contribution in [2.24, 2.45) is 0 Å². The molecule has 6 nitrogen and oxygen atoms in total. The number of ether oxygens (including phenoxy) is 1. The van der Waals surface area contributed by atoms with Gasteiger partial charge in [-0.05, 0) is 43.4 Å². The smallest absolute Gasteiger partial charge is 0.229 e. The van der Waals surface area contributed by atoms with Crippen molar-refractivity contribution >= 4 is 21.6 Å². The van der Waals surface area contributed by atoms with Gasteiger partial charge in [-0.1, -0.05) is 36.4 Å². The van der Waals surface area contributed by atoms with Gasteiger partial charge in [-0.2, -0.15) is 0 Å². The number of rotatable bonds is 8. The van der Waals surface area contributed by atoms with Crippen LogP contribution >= 0.6 is 0 Å². The van der Waals surface area contributed by atoms with Gasteiger partial charge in [-0.25, -0.2) is 8.42 Å². The van der Waals surface area contributed by atoms with Crippen molar-refractivity contribution in [1.29, 1.82) is 0 Å². The Hall–Kier alpha value is -2.54. The van der Waals surface area contributed by atoms with Crippen LogP contribution in [0.25, 0.3) is 0 Å². The van der Waals surface area contributed by atoms with Crippen LogP contribution in [0.4, 0.5) is 5.69 Å². The molecule has 1 saturated carbocycles. The molecule has 0 unspecified atom stereocenters. The molecule has 2 N–H and O–H groups in total. The van der Waals surface area contributed by atoms with Crippen LogP contribution in [0.2, 0.25) is 0 Å². The summed E-state index contributed by atoms with van der Waals surface area (Å²) in [6.45, 7) is 0.364. The van der Waals surface area contributed by atoms with Gasteiger partial charge >= 0.3 is 0 Å². The monoisotopic (exact) mass is 402 g/mol. The Morgan fingerprint density at radius 2 is 1.68 bits per heavy atom. The summed E-state index contributed by atoms with van der Waals surface area (Å²) in [6.07, 6.45) is 5.98. The van der Waals surface area contributed by atoms with Crippen molar-refractivity contribution in [1.82, 2.24) is 5.32 Å². The molecule has 0 spiro atoms. The van der Waals surface area contributed by atoms with Crippen LogP contribution in [0, 0.1) is 0 Å². The Balaban J connectivity index is 1.61. The third-order valence-corrected chi connectivity index (χ3v) is 5.30. The Bertz CT molecular complexity index is 922. The number of anilines is 1. The number of nitrogens with one attached hydrogen (secondary N) is 2. The van der Waals surface area contributed by atoms with Crippen molar-refractivity contribution < 1.29 is 17.9 Å². The second-order valence-electron chi connectivity index (χ2n) is 7.12. The maximum absolute atomic E-state index is 12.4. The Morgan fingerprint density at radius 3 is 2.39 bits per heavy atom. The van der Waals surface area contributed by atoms with Gasteiger partial charge in [-0.15, -0.1) is 0 Å². The summed E-state index contributed by atoms with van der Waals surface area (Å²) in [5, 5.41) is 2.91. The van der Waals surface area contributed by atoms with Crippen molar-refractivity contribution in [3.8, 4) is 5.75 Å². The molecule has 7 heteroatoms. The topological polar surface area (TPSA) is 84.5 Å². The van der Waals surface area contributed by atoms with Crippen LogP contribution in [0.3, 0.4) is 0 Å². The standard InChI is InChI=1S/C21H26N2O4S/c1-28(25,26)23-19-12-6-2-8-16(19)14-21(24)22-15-17-9-3-7-13-20(17)27-18-10-4-5-11-18/h2-3,6-9,12-13,18,23H,4-5,10-11,14-15H2,1H3,(H,22,24). The van der Waals surface area contributed by atoms with E-state index in [0.29, 0.717) is 17.8 Å². The SMILES string of the molecule is CS(=O)(=O)Nc1ccccc1CC(=O)NCc1ccccc1OC1CCCC1. The molecule has 3 rings (SSSR count). The molecule has 1 aliphatic rings. The molecule has 2 aromatic carbocycles. The molecule has 0 radical (unpaired) electrons. The third-order valence-electron chi connectivity index (χ3n) is 4.71. The summed E-state index contributed by atoms with van der Waals surface area (Å²) >= 11 is 0. The maximum Gasteiger partial charge on any atom is 0.229 e. The van der Waals surface area contributed by atoms with E-state index in [4.69, 9.17) is 4.74 Å². The summed E-state index contributed by atoms with van der Waals surface area (Å²) in [5.74, 6) is 0.632. The van der Waals surface area contributed by atoms with Gasteiger partial charge in [0.25, 0.3) is 0 Å². The minimum atomic E-state index is -3.41. The van der Waals surface area contributed by atoms with Gasteiger partial charge in [0.2, 0.25) is 15.9 Å². The molecule has 0 heterocycles. The lowest BCUT2D eigenvalue weighted by atomic mass is 10.1. The van der Waals surface area contributed by atoms with E-state index in [2.05, 4.69) is 10.0 Å². The van der Waals surface area contributed by atoms with Crippen LogP contribution in [-0.4, -0.2) is 26.7 Å². The van der Waals surface area contributed by atoms with Crippen LogP contribution < -0.4 is 14.8 Å². The van der Waals surface area contributed by atoms with Gasteiger partial charge in [0, 0.05) is 12.1 Å². The Kier molecular flexibility index (Phi) is 6.57. The van der Waals surface area contributed by atoms with E-state index in [1.807, 2.05) is 24.3 Å². The van der Waals surface area contributed by atoms with E-state index in [9.17, 15) is 13.2 Å². The zero-order valence-corrected chi connectivity index (χ0v) is 16.8. The first-order valence-electron chi connectivity index (χ1n) is 9.48. The second kappa shape index (κ2) is 9.10. The molecule has 1 fully saturated rings. The normalized spacial score (nSPS) is 14.6. The molecule has 0 aromatic heterocycles. The second-order valence-corrected chi connectivity index (χ2v) is 8.87. The number of amides is 1. The van der Waals surface area contributed by atoms with Gasteiger partial charge in [0.05, 0.1) is 24.5 Å². The minimum Gasteiger partial charge on any atom is -0.490 e. The number of carbonyl (C=O) groups excluding carboxylic acids is 1. The summed E-state index contributed by atoms with van der Waals surface area (Å²) in [4.78, 5) is 12.4. The predicted octanol–water partition coefficient (Wildman–Crippen LogP) is 3.24. The average Bonchev–Trinajstić information content (AvgIpc) is 3.14. The van der Waals surface area contributed by atoms with Crippen molar-refractivity contribution in [3.63, 3.8) is 0 Å². The van der Waals surface area contributed by atoms with Crippen LogP contribution in [0.15, 0.2) is 48.5 Å². The Labute approximate surface area is 166 Å². The number of para-hydroxylation sites is 2. The first-order chi connectivity index (χ1) is 13.4. The molecule has 1 aliphatic carbocycles. The van der Waals surface area contributed by atoms with Crippen LogP contribution in [0.5, 0.6) is 5.75 Å². The summed E-state index contributed by atoms with van der Waals surface area (Å²) in [7, 11) is -3.41. The summed E-state index contributed by atoms with van der Waals surface area (Å²) in [6, 6.07) is 14.6. The molecule has 2 aromatic rings. The lowest BCUT2D eigenvalue weighted by Gasteiger charge is -2.17. The van der Waals surface area contributed by atoms with Gasteiger partial charge < -0.3 is 10.1 Å². The van der Waals surface area contributed by atoms with Gasteiger partial charge in [0.15, 0.2) is 0 Å². The molecular weight excluding hydrogens is 376 g/mol. The highest BCUT2D eigenvalue weighted by Crippen LogP contribution is 2.26. The summed E-state index contributed by atoms with van der Waals surface area (Å²) < 4.78 is 31.6. The quantitative estimate of drug-likeness (QED) is 0.710. The van der Waals surface area contributed by atoms with Crippen molar-refractivity contribution in [2.45, 2.75) is 44.8 Å². The first kappa shape index (κ1) is 20.2. The van der Waals surface area contributed by atoms with E-state index < -0.39 is 10.0 Å². The average molecular weight is 403 g/mol. The number of benzene rings is 2. The van der Waals surface area contributed by atoms with Gasteiger partial charge in [0.1, 0.15) is 5.75 Å². The molecule has 0 bridgehead atoms. The zero-order valence-electron chi connectivity index (χ0n) is 16.0. The zero-order chi connectivity index (χ0) is 20.0. The summed E-state index contributed by atoms with van der Waals surface area (Å²) in [5.41, 5.74) is 1.98. The first-order valence-corrected chi connectivity index (χ1v) is 11.4. The highest BCUT2D eigenvalue weighted by molar-refractivity contribution is 7.92. The van der Waals surface area contributed by atoms with E-state index in [1.165, 1.54) is 12.8 Å². The van der Waals surface area contributed by atoms with Gasteiger partial charge in [-0.3, -0.25) is 9.52 Å². The van der Waals surface area contributed by atoms with E-state index >= 15 is 0 Å². The molecule has 1 amide bonds. The maximum atomic E-state index is 12.4. The molecule has 150 valence electrons. The van der Waals surface area contributed by atoms with Crippen molar-refractivity contribution in [3.05, 3.63) is 59.7 Å². The van der Waals surface area contributed by atoms with Crippen LogP contribution in [0.1, 0.15) is 36.8 Å². The molecule has 0 saturated heterocycles. The lowest BCUT2D eigenvalue weighted by Crippen LogP contribution is -2.25. The largest absolute Gasteiger partial charge is 0.490 e. The number of sulfonamides is 1. The molecule has 28 heavy (non-hydrogen) atoms. The Morgan fingerprint density at radius 1 is 1.04 bits per heavy atom. The number of carbonyl (C=O) groups is 1. The molecular formula is C21H26N2O4S.